The average Bonchev–Trinajstić information content (AvgIpc) is 2.74. The minimum absolute atomic E-state index is 0.0109. The maximum atomic E-state index is 11.6. The number of ether oxygens (including phenoxy) is 1. The number of nitrogens with zero attached hydrogens (tertiary/aromatic N) is 1. The molecule has 0 N–H and O–H groups in total. The molecule has 0 aromatic heterocycles. The van der Waals surface area contributed by atoms with E-state index in [2.05, 4.69) is 29.2 Å². The number of hydrogen-bond acceptors (Lipinski definition) is 3. The van der Waals surface area contributed by atoms with Gasteiger partial charge in [-0.3, -0.25) is 9.69 Å². The zero-order valence-electron chi connectivity index (χ0n) is 9.84. The van der Waals surface area contributed by atoms with Crippen molar-refractivity contribution in [3.05, 3.63) is 35.9 Å². The van der Waals surface area contributed by atoms with Gasteiger partial charge in [0.1, 0.15) is 0 Å². The van der Waals surface area contributed by atoms with Crippen molar-refractivity contribution in [3.63, 3.8) is 0 Å². The van der Waals surface area contributed by atoms with Gasteiger partial charge in [-0.2, -0.15) is 0 Å². The predicted octanol–water partition coefficient (Wildman–Crippen LogP) is 1.68. The lowest BCUT2D eigenvalue weighted by Gasteiger charge is -2.22. The molecule has 2 fully saturated rings. The Morgan fingerprint density at radius 2 is 2.06 bits per heavy atom. The second-order valence-electron chi connectivity index (χ2n) is 5.00. The van der Waals surface area contributed by atoms with Crippen molar-refractivity contribution in [3.8, 4) is 0 Å². The number of rotatable bonds is 2. The van der Waals surface area contributed by atoms with E-state index in [-0.39, 0.29) is 11.9 Å². The Kier molecular flexibility index (Phi) is 2.85. The summed E-state index contributed by atoms with van der Waals surface area (Å²) in [6.07, 6.45) is 1.03. The van der Waals surface area contributed by atoms with Crippen molar-refractivity contribution in [1.29, 1.82) is 0 Å². The van der Waals surface area contributed by atoms with Crippen LogP contribution in [0.3, 0.4) is 0 Å². The van der Waals surface area contributed by atoms with Crippen molar-refractivity contribution < 1.29 is 9.53 Å². The Balaban J connectivity index is 1.66. The number of esters is 1. The monoisotopic (exact) mass is 231 g/mol. The van der Waals surface area contributed by atoms with E-state index < -0.39 is 0 Å². The summed E-state index contributed by atoms with van der Waals surface area (Å²) < 4.78 is 5.12. The van der Waals surface area contributed by atoms with Crippen molar-refractivity contribution in [2.75, 3.05) is 19.7 Å². The van der Waals surface area contributed by atoms with Crippen LogP contribution in [-0.4, -0.2) is 30.6 Å². The van der Waals surface area contributed by atoms with E-state index in [1.165, 1.54) is 5.56 Å². The average molecular weight is 231 g/mol. The number of carbonyl (C=O) groups is 1. The van der Waals surface area contributed by atoms with E-state index in [1.54, 1.807) is 0 Å². The molecule has 0 aliphatic carbocycles. The van der Waals surface area contributed by atoms with E-state index in [9.17, 15) is 4.79 Å². The number of benzene rings is 1. The molecule has 2 saturated heterocycles. The summed E-state index contributed by atoms with van der Waals surface area (Å²) in [7, 11) is 0. The Hall–Kier alpha value is -1.35. The molecule has 2 heterocycles. The molecule has 3 rings (SSSR count). The number of cyclic esters (lactones) is 1. The van der Waals surface area contributed by atoms with Gasteiger partial charge in [0, 0.05) is 19.6 Å². The molecule has 0 unspecified atom stereocenters. The largest absolute Gasteiger partial charge is 0.465 e. The quantitative estimate of drug-likeness (QED) is 0.725. The molecule has 0 radical (unpaired) electrons. The lowest BCUT2D eigenvalue weighted by molar-refractivity contribution is -0.154. The Morgan fingerprint density at radius 1 is 1.24 bits per heavy atom. The van der Waals surface area contributed by atoms with Crippen molar-refractivity contribution in [1.82, 2.24) is 4.90 Å². The molecule has 0 spiro atoms. The molecule has 3 heteroatoms. The molecule has 1 aromatic carbocycles. The first-order valence-electron chi connectivity index (χ1n) is 6.26. The SMILES string of the molecule is O=C1OCC[C@H]2CN(Cc3ccccc3)C[C@H]12. The van der Waals surface area contributed by atoms with Crippen LogP contribution in [0.4, 0.5) is 0 Å². The van der Waals surface area contributed by atoms with Crippen molar-refractivity contribution in [2.24, 2.45) is 11.8 Å². The molecule has 2 aliphatic heterocycles. The Bertz CT molecular complexity index is 404. The Morgan fingerprint density at radius 3 is 2.82 bits per heavy atom. The van der Waals surface area contributed by atoms with Crippen molar-refractivity contribution in [2.45, 2.75) is 13.0 Å². The van der Waals surface area contributed by atoms with Gasteiger partial charge in [0.2, 0.25) is 0 Å². The first-order chi connectivity index (χ1) is 8.33. The van der Waals surface area contributed by atoms with Crippen LogP contribution in [0.25, 0.3) is 0 Å². The smallest absolute Gasteiger partial charge is 0.310 e. The molecule has 2 aliphatic rings. The highest BCUT2D eigenvalue weighted by Gasteiger charge is 2.40. The van der Waals surface area contributed by atoms with Gasteiger partial charge in [-0.15, -0.1) is 0 Å². The molecule has 0 bridgehead atoms. The lowest BCUT2D eigenvalue weighted by Crippen LogP contribution is -2.31. The predicted molar refractivity (Wildman–Crippen MR) is 64.3 cm³/mol. The first-order valence-corrected chi connectivity index (χ1v) is 6.26. The molecule has 17 heavy (non-hydrogen) atoms. The fraction of sp³-hybridized carbons (Fsp3) is 0.500. The van der Waals surface area contributed by atoms with Gasteiger partial charge >= 0.3 is 5.97 Å². The summed E-state index contributed by atoms with van der Waals surface area (Å²) in [4.78, 5) is 14.0. The van der Waals surface area contributed by atoms with Crippen LogP contribution in [0.5, 0.6) is 0 Å². The molecular formula is C14H17NO2. The van der Waals surface area contributed by atoms with Gasteiger partial charge in [0.15, 0.2) is 0 Å². The van der Waals surface area contributed by atoms with Crippen LogP contribution >= 0.6 is 0 Å². The minimum atomic E-state index is 0.0109. The van der Waals surface area contributed by atoms with Gasteiger partial charge in [-0.25, -0.2) is 0 Å². The van der Waals surface area contributed by atoms with Crippen LogP contribution in [0.15, 0.2) is 30.3 Å². The van der Waals surface area contributed by atoms with Gasteiger partial charge < -0.3 is 4.74 Å². The van der Waals surface area contributed by atoms with E-state index >= 15 is 0 Å². The zero-order chi connectivity index (χ0) is 11.7. The van der Waals surface area contributed by atoms with E-state index in [4.69, 9.17) is 4.74 Å². The van der Waals surface area contributed by atoms with E-state index in [0.717, 1.165) is 26.1 Å². The summed E-state index contributed by atoms with van der Waals surface area (Å²) in [5, 5.41) is 0. The van der Waals surface area contributed by atoms with Crippen molar-refractivity contribution >= 4 is 5.97 Å². The normalized spacial score (nSPS) is 28.8. The highest BCUT2D eigenvalue weighted by molar-refractivity contribution is 5.74. The number of fused-ring (bicyclic) bond motifs is 1. The van der Waals surface area contributed by atoms with Crippen LogP contribution in [0, 0.1) is 11.8 Å². The molecule has 1 aromatic rings. The highest BCUT2D eigenvalue weighted by atomic mass is 16.5. The summed E-state index contributed by atoms with van der Waals surface area (Å²) in [5.41, 5.74) is 1.32. The second kappa shape index (κ2) is 4.49. The van der Waals surface area contributed by atoms with Gasteiger partial charge in [0.25, 0.3) is 0 Å². The third-order valence-corrected chi connectivity index (χ3v) is 3.80. The first kappa shape index (κ1) is 10.8. The number of likely N-dealkylation sites (tertiary alicyclic amines) is 1. The van der Waals surface area contributed by atoms with Crippen LogP contribution in [0.1, 0.15) is 12.0 Å². The van der Waals surface area contributed by atoms with Crippen LogP contribution in [-0.2, 0) is 16.1 Å². The molecular weight excluding hydrogens is 214 g/mol. The van der Waals surface area contributed by atoms with Gasteiger partial charge in [-0.1, -0.05) is 30.3 Å². The van der Waals surface area contributed by atoms with E-state index in [0.29, 0.717) is 12.5 Å². The number of hydrogen-bond donors (Lipinski definition) is 0. The third kappa shape index (κ3) is 2.20. The summed E-state index contributed by atoms with van der Waals surface area (Å²) in [5.74, 6) is 0.643. The molecule has 3 nitrogen and oxygen atoms in total. The van der Waals surface area contributed by atoms with Gasteiger partial charge in [0.05, 0.1) is 12.5 Å². The third-order valence-electron chi connectivity index (χ3n) is 3.80. The number of carbonyl (C=O) groups excluding carboxylic acids is 1. The fourth-order valence-electron chi connectivity index (χ4n) is 2.91. The highest BCUT2D eigenvalue weighted by Crippen LogP contribution is 2.31. The standard InChI is InChI=1S/C14H17NO2/c16-14-13-10-15(9-12(13)6-7-17-14)8-11-4-2-1-3-5-11/h1-5,12-13H,6-10H2/t12-,13-/m0/s1. The zero-order valence-corrected chi connectivity index (χ0v) is 9.84. The lowest BCUT2D eigenvalue weighted by atomic mass is 9.91. The summed E-state index contributed by atoms with van der Waals surface area (Å²) in [6.45, 7) is 3.45. The summed E-state index contributed by atoms with van der Waals surface area (Å²) >= 11 is 0. The molecule has 90 valence electrons. The molecule has 2 atom stereocenters. The maximum Gasteiger partial charge on any atom is 0.310 e. The van der Waals surface area contributed by atoms with E-state index in [1.807, 2.05) is 6.07 Å². The van der Waals surface area contributed by atoms with Crippen LogP contribution < -0.4 is 0 Å². The second-order valence-corrected chi connectivity index (χ2v) is 5.00. The van der Waals surface area contributed by atoms with Crippen LogP contribution in [0.2, 0.25) is 0 Å². The fourth-order valence-corrected chi connectivity index (χ4v) is 2.91. The maximum absolute atomic E-state index is 11.6. The Labute approximate surface area is 101 Å². The topological polar surface area (TPSA) is 29.5 Å². The minimum Gasteiger partial charge on any atom is -0.465 e. The molecule has 0 saturated carbocycles. The van der Waals surface area contributed by atoms with Gasteiger partial charge in [-0.05, 0) is 17.9 Å². The summed E-state index contributed by atoms with van der Waals surface area (Å²) in [6, 6.07) is 10.4. The molecule has 0 amide bonds.